The number of rotatable bonds is 7. The number of hydrogen-bond donors (Lipinski definition) is 0. The van der Waals surface area contributed by atoms with Crippen molar-refractivity contribution in [3.05, 3.63) is 54.1 Å². The van der Waals surface area contributed by atoms with Gasteiger partial charge in [-0.15, -0.1) is 0 Å². The minimum Gasteiger partial charge on any atom is -0.445 e. The molecular weight excluding hydrogens is 412 g/mol. The van der Waals surface area contributed by atoms with Gasteiger partial charge in [0.15, 0.2) is 0 Å². The third-order valence-corrected chi connectivity index (χ3v) is 5.63. The van der Waals surface area contributed by atoms with Crippen LogP contribution in [0, 0.1) is 11.8 Å². The summed E-state index contributed by atoms with van der Waals surface area (Å²) in [7, 11) is 0. The summed E-state index contributed by atoms with van der Waals surface area (Å²) in [6.07, 6.45) is 9.65. The van der Waals surface area contributed by atoms with Crippen LogP contribution in [0.25, 0.3) is 0 Å². The maximum absolute atomic E-state index is 13.8. The Morgan fingerprint density at radius 2 is 1.78 bits per heavy atom. The smallest absolute Gasteiger partial charge is 0.445 e. The van der Waals surface area contributed by atoms with Crippen LogP contribution in [0.2, 0.25) is 0 Å². The van der Waals surface area contributed by atoms with E-state index in [9.17, 15) is 19.2 Å². The molecule has 2 atom stereocenters. The lowest BCUT2D eigenvalue weighted by atomic mass is 9.78. The van der Waals surface area contributed by atoms with Crippen LogP contribution in [0.4, 0.5) is 4.79 Å². The predicted molar refractivity (Wildman–Crippen MR) is 116 cm³/mol. The highest BCUT2D eigenvalue weighted by atomic mass is 16.7. The van der Waals surface area contributed by atoms with Gasteiger partial charge in [-0.1, -0.05) is 49.6 Å². The molecule has 0 aliphatic heterocycles. The molecule has 0 spiro atoms. The van der Waals surface area contributed by atoms with E-state index in [1.165, 1.54) is 24.3 Å². The fraction of sp³-hybridized carbons (Fsp3) is 0.440. The molecule has 0 saturated heterocycles. The number of carbonyl (C=O) groups excluding carboxylic acids is 4. The molecule has 3 rings (SSSR count). The topological polar surface area (TPSA) is 96.0 Å². The van der Waals surface area contributed by atoms with Crippen molar-refractivity contribution < 1.29 is 33.4 Å². The Bertz CT molecular complexity index is 924. The summed E-state index contributed by atoms with van der Waals surface area (Å²) in [5.74, 6) is -2.51. The molecule has 1 aromatic carbocycles. The number of benzene rings is 1. The van der Waals surface area contributed by atoms with Crippen LogP contribution < -0.4 is 4.74 Å². The highest BCUT2D eigenvalue weighted by Gasteiger charge is 2.49. The maximum Gasteiger partial charge on any atom is 0.514 e. The summed E-state index contributed by atoms with van der Waals surface area (Å²) in [6.45, 7) is 3.34. The second-order valence-corrected chi connectivity index (χ2v) is 8.30. The van der Waals surface area contributed by atoms with Crippen molar-refractivity contribution in [3.63, 3.8) is 0 Å². The average molecular weight is 440 g/mol. The zero-order valence-corrected chi connectivity index (χ0v) is 18.3. The van der Waals surface area contributed by atoms with Crippen molar-refractivity contribution in [3.8, 4) is 5.75 Å². The Kier molecular flexibility index (Phi) is 7.62. The van der Waals surface area contributed by atoms with Crippen molar-refractivity contribution in [2.45, 2.75) is 57.7 Å². The first kappa shape index (κ1) is 23.4. The number of hydrogen-bond acceptors (Lipinski definition) is 7. The lowest BCUT2D eigenvalue weighted by Crippen LogP contribution is -2.50. The largest absolute Gasteiger partial charge is 0.514 e. The van der Waals surface area contributed by atoms with E-state index < -0.39 is 35.5 Å². The van der Waals surface area contributed by atoms with Gasteiger partial charge >= 0.3 is 12.1 Å². The standard InChI is InChI=1S/C25H28O7/c1-17(2)30-24(29)31-21-14-7-6-13-20(21)22(27)25(15-9-8-12-19(25)16-26)32-23(28)18-10-4-3-5-11-18/h6-9,12-19H,3-5,10-11H2,1-2H3. The van der Waals surface area contributed by atoms with E-state index in [4.69, 9.17) is 14.2 Å². The van der Waals surface area contributed by atoms with Crippen LogP contribution in [0.5, 0.6) is 5.75 Å². The first-order chi connectivity index (χ1) is 15.4. The first-order valence-electron chi connectivity index (χ1n) is 10.9. The fourth-order valence-corrected chi connectivity index (χ4v) is 4.01. The Labute approximate surface area is 187 Å². The van der Waals surface area contributed by atoms with Gasteiger partial charge in [0.1, 0.15) is 12.0 Å². The molecule has 0 radical (unpaired) electrons. The van der Waals surface area contributed by atoms with Crippen LogP contribution in [0.15, 0.2) is 48.6 Å². The van der Waals surface area contributed by atoms with Crippen LogP contribution in [0.3, 0.4) is 0 Å². The molecule has 2 aliphatic carbocycles. The molecule has 2 aliphatic rings. The zero-order valence-electron chi connectivity index (χ0n) is 18.3. The van der Waals surface area contributed by atoms with Crippen LogP contribution in [-0.4, -0.2) is 35.9 Å². The van der Waals surface area contributed by atoms with Gasteiger partial charge in [0.05, 0.1) is 23.5 Å². The van der Waals surface area contributed by atoms with Gasteiger partial charge in [-0.2, -0.15) is 0 Å². The second-order valence-electron chi connectivity index (χ2n) is 8.30. The highest BCUT2D eigenvalue weighted by molar-refractivity contribution is 6.09. The zero-order chi connectivity index (χ0) is 23.1. The number of carbonyl (C=O) groups is 4. The number of ether oxygens (including phenoxy) is 3. The molecule has 0 bridgehead atoms. The van der Waals surface area contributed by atoms with Gasteiger partial charge in [0.25, 0.3) is 0 Å². The summed E-state index contributed by atoms with van der Waals surface area (Å²) in [5.41, 5.74) is -1.84. The lowest BCUT2D eigenvalue weighted by molar-refractivity contribution is -0.160. The molecule has 7 heteroatoms. The number of Topliss-reactive ketones (excluding diaryl/α,β-unsaturated/α-hetero) is 1. The summed E-state index contributed by atoms with van der Waals surface area (Å²) in [4.78, 5) is 50.7. The Balaban J connectivity index is 1.96. The van der Waals surface area contributed by atoms with E-state index in [1.54, 1.807) is 38.1 Å². The molecule has 0 N–H and O–H groups in total. The van der Waals surface area contributed by atoms with Crippen LogP contribution >= 0.6 is 0 Å². The number of allylic oxidation sites excluding steroid dienone is 2. The molecule has 1 saturated carbocycles. The van der Waals surface area contributed by atoms with E-state index in [2.05, 4.69) is 0 Å². The molecule has 2 unspecified atom stereocenters. The van der Waals surface area contributed by atoms with E-state index in [0.29, 0.717) is 19.1 Å². The molecule has 7 nitrogen and oxygen atoms in total. The summed E-state index contributed by atoms with van der Waals surface area (Å²) in [6, 6.07) is 6.11. The summed E-state index contributed by atoms with van der Waals surface area (Å²) >= 11 is 0. The molecule has 0 heterocycles. The first-order valence-corrected chi connectivity index (χ1v) is 10.9. The van der Waals surface area contributed by atoms with Gasteiger partial charge < -0.3 is 19.0 Å². The average Bonchev–Trinajstić information content (AvgIpc) is 2.79. The third-order valence-electron chi connectivity index (χ3n) is 5.63. The minimum absolute atomic E-state index is 0.0106. The number of para-hydroxylation sites is 1. The molecular formula is C25H28O7. The highest BCUT2D eigenvalue weighted by Crippen LogP contribution is 2.36. The van der Waals surface area contributed by atoms with Crippen LogP contribution in [-0.2, 0) is 19.1 Å². The number of aldehydes is 1. The van der Waals surface area contributed by atoms with Gasteiger partial charge in [0, 0.05) is 0 Å². The van der Waals surface area contributed by atoms with Gasteiger partial charge in [-0.05, 0) is 44.9 Å². The Hall–Kier alpha value is -3.22. The fourth-order valence-electron chi connectivity index (χ4n) is 4.01. The van der Waals surface area contributed by atoms with Crippen molar-refractivity contribution in [1.82, 2.24) is 0 Å². The lowest BCUT2D eigenvalue weighted by Gasteiger charge is -2.35. The maximum atomic E-state index is 13.8. The Morgan fingerprint density at radius 3 is 2.47 bits per heavy atom. The summed E-state index contributed by atoms with van der Waals surface area (Å²) in [5, 5.41) is 0. The van der Waals surface area contributed by atoms with Gasteiger partial charge in [-0.25, -0.2) is 4.79 Å². The molecule has 170 valence electrons. The summed E-state index contributed by atoms with van der Waals surface area (Å²) < 4.78 is 16.1. The van der Waals surface area contributed by atoms with Gasteiger partial charge in [-0.3, -0.25) is 9.59 Å². The number of ketones is 1. The predicted octanol–water partition coefficient (Wildman–Crippen LogP) is 4.60. The van der Waals surface area contributed by atoms with Gasteiger partial charge in [0.2, 0.25) is 11.4 Å². The quantitative estimate of drug-likeness (QED) is 0.265. The molecule has 32 heavy (non-hydrogen) atoms. The van der Waals surface area contributed by atoms with Crippen molar-refractivity contribution in [2.75, 3.05) is 0 Å². The Morgan fingerprint density at radius 1 is 1.06 bits per heavy atom. The monoisotopic (exact) mass is 440 g/mol. The van der Waals surface area contributed by atoms with Crippen molar-refractivity contribution in [2.24, 2.45) is 11.8 Å². The second kappa shape index (κ2) is 10.4. The minimum atomic E-state index is -1.85. The molecule has 0 amide bonds. The van der Waals surface area contributed by atoms with Crippen molar-refractivity contribution >= 4 is 24.2 Å². The molecule has 1 aromatic rings. The van der Waals surface area contributed by atoms with E-state index in [1.807, 2.05) is 0 Å². The van der Waals surface area contributed by atoms with Crippen LogP contribution in [0.1, 0.15) is 56.3 Å². The normalized spacial score (nSPS) is 22.9. The number of esters is 1. The van der Waals surface area contributed by atoms with E-state index >= 15 is 0 Å². The van der Waals surface area contributed by atoms with Crippen molar-refractivity contribution in [1.29, 1.82) is 0 Å². The molecule has 1 fully saturated rings. The van der Waals surface area contributed by atoms with E-state index in [0.717, 1.165) is 19.3 Å². The third kappa shape index (κ3) is 5.15. The molecule has 0 aromatic heterocycles. The SMILES string of the molecule is CC(C)OC(=O)Oc1ccccc1C(=O)C1(OC(=O)C2CCCCC2)C=CC=CC1C=O. The van der Waals surface area contributed by atoms with E-state index in [-0.39, 0.29) is 17.2 Å².